The molecule has 0 radical (unpaired) electrons. The van der Waals surface area contributed by atoms with Crippen molar-refractivity contribution in [1.82, 2.24) is 19.6 Å². The number of sulfonamides is 1. The number of aromatic nitrogens is 4. The Bertz CT molecular complexity index is 1070. The summed E-state index contributed by atoms with van der Waals surface area (Å²) in [6.45, 7) is 3.76. The van der Waals surface area contributed by atoms with Crippen LogP contribution in [0.4, 0.5) is 5.69 Å². The van der Waals surface area contributed by atoms with Crippen LogP contribution in [0.2, 0.25) is 0 Å². The van der Waals surface area contributed by atoms with Gasteiger partial charge in [-0.1, -0.05) is 12.1 Å². The van der Waals surface area contributed by atoms with Crippen molar-refractivity contribution in [2.45, 2.75) is 26.0 Å². The van der Waals surface area contributed by atoms with E-state index >= 15 is 0 Å². The van der Waals surface area contributed by atoms with E-state index in [9.17, 15) is 13.2 Å². The summed E-state index contributed by atoms with van der Waals surface area (Å²) in [4.78, 5) is 20.7. The maximum Gasteiger partial charge on any atom is 0.252 e. The number of hydrogen-bond donors (Lipinski definition) is 2. The van der Waals surface area contributed by atoms with Crippen molar-refractivity contribution in [3.8, 4) is 0 Å². The molecular formula is C16H18N6O3S. The predicted molar refractivity (Wildman–Crippen MR) is 95.8 cm³/mol. The van der Waals surface area contributed by atoms with E-state index in [0.29, 0.717) is 22.9 Å². The molecule has 0 aliphatic heterocycles. The fourth-order valence-electron chi connectivity index (χ4n) is 2.55. The molecular weight excluding hydrogens is 356 g/mol. The summed E-state index contributed by atoms with van der Waals surface area (Å²) in [5.74, 6) is 0.291. The van der Waals surface area contributed by atoms with E-state index in [1.165, 1.54) is 0 Å². The quantitative estimate of drug-likeness (QED) is 0.676. The number of rotatable bonds is 5. The molecule has 2 heterocycles. The van der Waals surface area contributed by atoms with E-state index in [1.54, 1.807) is 28.8 Å². The molecule has 0 aliphatic rings. The minimum absolute atomic E-state index is 0.000772. The molecule has 0 fully saturated rings. The number of benzene rings is 1. The van der Waals surface area contributed by atoms with Crippen molar-refractivity contribution in [1.29, 1.82) is 0 Å². The van der Waals surface area contributed by atoms with Crippen molar-refractivity contribution in [3.63, 3.8) is 0 Å². The van der Waals surface area contributed by atoms with Crippen LogP contribution in [0.25, 0.3) is 5.78 Å². The van der Waals surface area contributed by atoms with Crippen LogP contribution in [0.5, 0.6) is 0 Å². The number of primary sulfonamides is 1. The average Bonchev–Trinajstić information content (AvgIpc) is 2.90. The highest BCUT2D eigenvalue weighted by molar-refractivity contribution is 7.88. The minimum atomic E-state index is -3.59. The maximum atomic E-state index is 12.2. The number of nitrogens with one attached hydrogen (secondary N) is 1. The van der Waals surface area contributed by atoms with Crippen LogP contribution in [0, 0.1) is 13.8 Å². The van der Waals surface area contributed by atoms with Crippen molar-refractivity contribution >= 4 is 27.4 Å². The van der Waals surface area contributed by atoms with Crippen LogP contribution in [-0.2, 0) is 27.0 Å². The number of nitrogens with two attached hydrogens (primary N) is 1. The van der Waals surface area contributed by atoms with Crippen LogP contribution in [0.15, 0.2) is 30.3 Å². The summed E-state index contributed by atoms with van der Waals surface area (Å²) in [6.07, 6.45) is 0.000772. The number of nitrogens with zero attached hydrogens (tertiary/aromatic N) is 4. The van der Waals surface area contributed by atoms with Gasteiger partial charge in [0.1, 0.15) is 0 Å². The highest BCUT2D eigenvalue weighted by atomic mass is 32.2. The highest BCUT2D eigenvalue weighted by Crippen LogP contribution is 2.12. The Balaban J connectivity index is 1.68. The van der Waals surface area contributed by atoms with Gasteiger partial charge in [0.15, 0.2) is 5.82 Å². The summed E-state index contributed by atoms with van der Waals surface area (Å²) >= 11 is 0. The lowest BCUT2D eigenvalue weighted by Crippen LogP contribution is -2.16. The Morgan fingerprint density at radius 3 is 2.54 bits per heavy atom. The van der Waals surface area contributed by atoms with Crippen molar-refractivity contribution in [3.05, 3.63) is 53.1 Å². The second kappa shape index (κ2) is 6.81. The standard InChI is InChI=1S/C16H18N6O3S/c1-10-7-11(2)22-16(18-10)20-14(21-22)8-15(23)19-13-5-3-12(4-6-13)9-26(17,24)25/h3-7H,8-9H2,1-2H3,(H,19,23)(H2,17,24,25). The summed E-state index contributed by atoms with van der Waals surface area (Å²) in [7, 11) is -3.59. The van der Waals surface area contributed by atoms with Crippen LogP contribution in [0.1, 0.15) is 22.8 Å². The Morgan fingerprint density at radius 1 is 1.19 bits per heavy atom. The predicted octanol–water partition coefficient (Wildman–Crippen LogP) is 0.711. The molecule has 0 bridgehead atoms. The van der Waals surface area contributed by atoms with Gasteiger partial charge < -0.3 is 5.32 Å². The van der Waals surface area contributed by atoms with Gasteiger partial charge in [-0.3, -0.25) is 4.79 Å². The Labute approximate surface area is 150 Å². The summed E-state index contributed by atoms with van der Waals surface area (Å²) in [5, 5.41) is 12.0. The lowest BCUT2D eigenvalue weighted by Gasteiger charge is -2.05. The van der Waals surface area contributed by atoms with E-state index in [2.05, 4.69) is 20.4 Å². The SMILES string of the molecule is Cc1cc(C)n2nc(CC(=O)Nc3ccc(CS(N)(=O)=O)cc3)nc2n1. The number of anilines is 1. The average molecular weight is 374 g/mol. The van der Waals surface area contributed by atoms with Crippen LogP contribution >= 0.6 is 0 Å². The number of carbonyl (C=O) groups is 1. The van der Waals surface area contributed by atoms with Gasteiger partial charge >= 0.3 is 0 Å². The van der Waals surface area contributed by atoms with Crippen molar-refractivity contribution in [2.24, 2.45) is 5.14 Å². The van der Waals surface area contributed by atoms with Crippen molar-refractivity contribution < 1.29 is 13.2 Å². The molecule has 0 saturated heterocycles. The van der Waals surface area contributed by atoms with Gasteiger partial charge in [-0.05, 0) is 37.6 Å². The fraction of sp³-hybridized carbons (Fsp3) is 0.250. The molecule has 136 valence electrons. The van der Waals surface area contributed by atoms with Gasteiger partial charge in [0.2, 0.25) is 15.9 Å². The maximum absolute atomic E-state index is 12.2. The molecule has 0 spiro atoms. The Morgan fingerprint density at radius 2 is 1.88 bits per heavy atom. The lowest BCUT2D eigenvalue weighted by atomic mass is 10.2. The molecule has 1 aromatic carbocycles. The molecule has 3 rings (SSSR count). The van der Waals surface area contributed by atoms with E-state index in [4.69, 9.17) is 5.14 Å². The first-order valence-electron chi connectivity index (χ1n) is 7.79. The van der Waals surface area contributed by atoms with Crippen LogP contribution in [-0.4, -0.2) is 33.9 Å². The number of carbonyl (C=O) groups excluding carboxylic acids is 1. The zero-order valence-electron chi connectivity index (χ0n) is 14.3. The van der Waals surface area contributed by atoms with Gasteiger partial charge in [0, 0.05) is 17.1 Å². The van der Waals surface area contributed by atoms with E-state index < -0.39 is 10.0 Å². The third kappa shape index (κ3) is 4.41. The van der Waals surface area contributed by atoms with Crippen LogP contribution in [0.3, 0.4) is 0 Å². The fourth-order valence-corrected chi connectivity index (χ4v) is 3.21. The molecule has 10 heteroatoms. The number of amides is 1. The largest absolute Gasteiger partial charge is 0.326 e. The molecule has 0 unspecified atom stereocenters. The van der Waals surface area contributed by atoms with E-state index in [0.717, 1.165) is 11.4 Å². The number of fused-ring (bicyclic) bond motifs is 1. The van der Waals surface area contributed by atoms with Gasteiger partial charge in [0.05, 0.1) is 12.2 Å². The minimum Gasteiger partial charge on any atom is -0.326 e. The molecule has 0 aliphatic carbocycles. The topological polar surface area (TPSA) is 132 Å². The molecule has 1 amide bonds. The number of aryl methyl sites for hydroxylation is 2. The second-order valence-corrected chi connectivity index (χ2v) is 7.62. The van der Waals surface area contributed by atoms with E-state index in [1.807, 2.05) is 19.9 Å². The van der Waals surface area contributed by atoms with Crippen molar-refractivity contribution in [2.75, 3.05) is 5.32 Å². The first-order chi connectivity index (χ1) is 12.2. The molecule has 0 saturated carbocycles. The molecule has 26 heavy (non-hydrogen) atoms. The zero-order valence-corrected chi connectivity index (χ0v) is 15.1. The second-order valence-electron chi connectivity index (χ2n) is 6.01. The van der Waals surface area contributed by atoms with Gasteiger partial charge in [-0.15, -0.1) is 5.10 Å². The molecule has 2 aromatic heterocycles. The first kappa shape index (κ1) is 18.0. The zero-order chi connectivity index (χ0) is 18.9. The smallest absolute Gasteiger partial charge is 0.252 e. The van der Waals surface area contributed by atoms with Gasteiger partial charge in [-0.25, -0.2) is 23.1 Å². The lowest BCUT2D eigenvalue weighted by molar-refractivity contribution is -0.115. The normalized spacial score (nSPS) is 11.7. The third-order valence-electron chi connectivity index (χ3n) is 3.59. The van der Waals surface area contributed by atoms with Crippen LogP contribution < -0.4 is 10.5 Å². The molecule has 3 N–H and O–H groups in total. The summed E-state index contributed by atoms with van der Waals surface area (Å²) in [5.41, 5.74) is 2.81. The van der Waals surface area contributed by atoms with E-state index in [-0.39, 0.29) is 18.1 Å². The number of hydrogen-bond acceptors (Lipinski definition) is 6. The summed E-state index contributed by atoms with van der Waals surface area (Å²) < 4.78 is 23.7. The Kier molecular flexibility index (Phi) is 4.70. The van der Waals surface area contributed by atoms with Gasteiger partial charge in [0.25, 0.3) is 5.78 Å². The molecule has 9 nitrogen and oxygen atoms in total. The van der Waals surface area contributed by atoms with Gasteiger partial charge in [-0.2, -0.15) is 4.98 Å². The highest BCUT2D eigenvalue weighted by Gasteiger charge is 2.12. The third-order valence-corrected chi connectivity index (χ3v) is 4.32. The molecule has 0 atom stereocenters. The Hall–Kier alpha value is -2.85. The summed E-state index contributed by atoms with van der Waals surface area (Å²) in [6, 6.07) is 8.31. The monoisotopic (exact) mass is 374 g/mol. The molecule has 3 aromatic rings. The first-order valence-corrected chi connectivity index (χ1v) is 9.50.